The third-order valence-electron chi connectivity index (χ3n) is 2.68. The Hall–Kier alpha value is 0.400. The fourth-order valence-electron chi connectivity index (χ4n) is 1.34. The average molecular weight is 256 g/mol. The molecule has 2 nitrogen and oxygen atoms in total. The summed E-state index contributed by atoms with van der Waals surface area (Å²) in [6, 6.07) is 0. The van der Waals surface area contributed by atoms with Gasteiger partial charge >= 0.3 is 0 Å². The second kappa shape index (κ2) is 12.4. The number of rotatable bonds is 4. The van der Waals surface area contributed by atoms with Crippen molar-refractivity contribution in [2.75, 3.05) is 32.8 Å². The number of nitrogens with zero attached hydrogens (tertiary/aromatic N) is 1. The zero-order valence-corrected chi connectivity index (χ0v) is 11.4. The first-order valence-corrected chi connectivity index (χ1v) is 5.12. The van der Waals surface area contributed by atoms with E-state index in [0.717, 1.165) is 0 Å². The van der Waals surface area contributed by atoms with Gasteiger partial charge in [-0.05, 0) is 34.6 Å². The number of aliphatic hydroxyl groups excluding tert-OH is 1. The molecule has 0 radical (unpaired) electrons. The third kappa shape index (κ3) is 8.72. The van der Waals surface area contributed by atoms with E-state index >= 15 is 0 Å². The second-order valence-corrected chi connectivity index (χ2v) is 2.92. The van der Waals surface area contributed by atoms with Crippen molar-refractivity contribution in [1.29, 1.82) is 0 Å². The molecule has 3 heteroatoms. The van der Waals surface area contributed by atoms with E-state index in [1.807, 2.05) is 0 Å². The molecule has 0 aliphatic heterocycles. The molecule has 0 bridgehead atoms. The second-order valence-electron chi connectivity index (χ2n) is 2.92. The number of quaternary nitrogens is 1. The van der Waals surface area contributed by atoms with Crippen molar-refractivity contribution in [3.05, 3.63) is 0 Å². The Morgan fingerprint density at radius 1 is 0.769 bits per heavy atom. The molecule has 84 valence electrons. The summed E-state index contributed by atoms with van der Waals surface area (Å²) in [5.74, 6) is 0. The van der Waals surface area contributed by atoms with Crippen LogP contribution in [0, 0.1) is 0 Å². The molecule has 0 aromatic carbocycles. The van der Waals surface area contributed by atoms with Crippen LogP contribution >= 0.6 is 0 Å². The van der Waals surface area contributed by atoms with Crippen LogP contribution in [0.5, 0.6) is 0 Å². The van der Waals surface area contributed by atoms with E-state index in [2.05, 4.69) is 27.7 Å². The zero-order valence-electron chi connectivity index (χ0n) is 9.81. The summed E-state index contributed by atoms with van der Waals surface area (Å²) in [4.78, 5) is 0. The highest BCUT2D eigenvalue weighted by Gasteiger charge is 2.16. The molecule has 0 heterocycles. The standard InChI is InChI=1S/C8H20N.C2H6O.BrH/c1-5-9(6-2,7-3)8-4;1-2-3;/h5-8H2,1-4H3;3H,2H2,1H3;1H/q+1;;/p-1. The monoisotopic (exact) mass is 255 g/mol. The van der Waals surface area contributed by atoms with Crippen molar-refractivity contribution in [3.8, 4) is 0 Å². The van der Waals surface area contributed by atoms with Gasteiger partial charge in [-0.25, -0.2) is 0 Å². The van der Waals surface area contributed by atoms with Crippen LogP contribution in [0.2, 0.25) is 0 Å². The van der Waals surface area contributed by atoms with Gasteiger partial charge in [-0.2, -0.15) is 0 Å². The van der Waals surface area contributed by atoms with E-state index in [1.54, 1.807) is 6.92 Å². The van der Waals surface area contributed by atoms with Crippen LogP contribution in [0.1, 0.15) is 34.6 Å². The minimum absolute atomic E-state index is 0. The maximum Gasteiger partial charge on any atom is 0.0757 e. The van der Waals surface area contributed by atoms with Crippen molar-refractivity contribution < 1.29 is 26.6 Å². The molecule has 0 aliphatic carbocycles. The molecule has 1 N–H and O–H groups in total. The predicted octanol–water partition coefficient (Wildman–Crippen LogP) is -1.11. The molecule has 0 aromatic rings. The Kier molecular flexibility index (Phi) is 18.2. The SMILES string of the molecule is CCO.CC[N+](CC)(CC)CC.[Br-]. The molecular weight excluding hydrogens is 230 g/mol. The largest absolute Gasteiger partial charge is 1.00 e. The fourth-order valence-corrected chi connectivity index (χ4v) is 1.34. The molecule has 0 saturated heterocycles. The molecule has 0 rings (SSSR count). The predicted molar refractivity (Wildman–Crippen MR) is 55.2 cm³/mol. The number of hydrogen-bond donors (Lipinski definition) is 1. The Bertz CT molecular complexity index is 67.5. The molecular formula is C10H26BrNO. The summed E-state index contributed by atoms with van der Waals surface area (Å²) in [6.45, 7) is 16.2. The number of hydrogen-bond acceptors (Lipinski definition) is 1. The van der Waals surface area contributed by atoms with Crippen LogP contribution in [0.4, 0.5) is 0 Å². The molecule has 13 heavy (non-hydrogen) atoms. The molecule has 0 aromatic heterocycles. The van der Waals surface area contributed by atoms with E-state index in [0.29, 0.717) is 0 Å². The van der Waals surface area contributed by atoms with Gasteiger partial charge in [0.2, 0.25) is 0 Å². The summed E-state index contributed by atoms with van der Waals surface area (Å²) in [5.41, 5.74) is 0. The van der Waals surface area contributed by atoms with E-state index in [9.17, 15) is 0 Å². The smallest absolute Gasteiger partial charge is 0.0757 e. The molecule has 0 fully saturated rings. The van der Waals surface area contributed by atoms with Crippen LogP contribution in [0.15, 0.2) is 0 Å². The van der Waals surface area contributed by atoms with Gasteiger partial charge in [0.25, 0.3) is 0 Å². The van der Waals surface area contributed by atoms with E-state index in [1.165, 1.54) is 30.7 Å². The van der Waals surface area contributed by atoms with Gasteiger partial charge in [0.05, 0.1) is 26.2 Å². The molecule has 0 amide bonds. The number of halogens is 1. The zero-order chi connectivity index (χ0) is 10.0. The quantitative estimate of drug-likeness (QED) is 0.632. The van der Waals surface area contributed by atoms with Crippen molar-refractivity contribution in [2.24, 2.45) is 0 Å². The maximum atomic E-state index is 7.57. The van der Waals surface area contributed by atoms with Crippen molar-refractivity contribution in [2.45, 2.75) is 34.6 Å². The molecule has 0 unspecified atom stereocenters. The first-order chi connectivity index (χ1) is 5.66. The Balaban J connectivity index is -0.000000220. The molecule has 0 aliphatic rings. The van der Waals surface area contributed by atoms with Crippen molar-refractivity contribution in [3.63, 3.8) is 0 Å². The number of aliphatic hydroxyl groups is 1. The van der Waals surface area contributed by atoms with Gasteiger partial charge < -0.3 is 26.6 Å². The van der Waals surface area contributed by atoms with Gasteiger partial charge in [0, 0.05) is 6.61 Å². The summed E-state index contributed by atoms with van der Waals surface area (Å²) in [6.07, 6.45) is 0. The summed E-state index contributed by atoms with van der Waals surface area (Å²) >= 11 is 0. The maximum absolute atomic E-state index is 7.57. The lowest BCUT2D eigenvalue weighted by molar-refractivity contribution is -0.921. The summed E-state index contributed by atoms with van der Waals surface area (Å²) in [7, 11) is 0. The topological polar surface area (TPSA) is 20.2 Å². The Morgan fingerprint density at radius 2 is 0.923 bits per heavy atom. The lowest BCUT2D eigenvalue weighted by Gasteiger charge is -2.34. The summed E-state index contributed by atoms with van der Waals surface area (Å²) < 4.78 is 1.28. The first-order valence-electron chi connectivity index (χ1n) is 5.12. The van der Waals surface area contributed by atoms with E-state index < -0.39 is 0 Å². The van der Waals surface area contributed by atoms with Gasteiger partial charge in [-0.3, -0.25) is 0 Å². The minimum Gasteiger partial charge on any atom is -1.00 e. The van der Waals surface area contributed by atoms with Gasteiger partial charge in [0.15, 0.2) is 0 Å². The fraction of sp³-hybridized carbons (Fsp3) is 1.00. The Labute approximate surface area is 94.3 Å². The molecule has 0 saturated carbocycles. The third-order valence-corrected chi connectivity index (χ3v) is 2.68. The lowest BCUT2D eigenvalue weighted by atomic mass is 10.3. The van der Waals surface area contributed by atoms with Crippen LogP contribution in [0.25, 0.3) is 0 Å². The van der Waals surface area contributed by atoms with Crippen LogP contribution in [-0.4, -0.2) is 42.4 Å². The van der Waals surface area contributed by atoms with Crippen LogP contribution < -0.4 is 17.0 Å². The van der Waals surface area contributed by atoms with Gasteiger partial charge in [-0.1, -0.05) is 0 Å². The van der Waals surface area contributed by atoms with Gasteiger partial charge in [0.1, 0.15) is 0 Å². The summed E-state index contributed by atoms with van der Waals surface area (Å²) in [5, 5.41) is 7.57. The van der Waals surface area contributed by atoms with Gasteiger partial charge in [-0.15, -0.1) is 0 Å². The normalized spacial score (nSPS) is 9.69. The average Bonchev–Trinajstić information content (AvgIpc) is 2.11. The van der Waals surface area contributed by atoms with Crippen molar-refractivity contribution >= 4 is 0 Å². The first kappa shape index (κ1) is 19.0. The lowest BCUT2D eigenvalue weighted by Crippen LogP contribution is -3.00. The molecule has 0 spiro atoms. The van der Waals surface area contributed by atoms with Crippen molar-refractivity contribution in [1.82, 2.24) is 0 Å². The van der Waals surface area contributed by atoms with Crippen LogP contribution in [-0.2, 0) is 0 Å². The van der Waals surface area contributed by atoms with E-state index in [-0.39, 0.29) is 23.6 Å². The highest BCUT2D eigenvalue weighted by molar-refractivity contribution is 4.31. The highest BCUT2D eigenvalue weighted by Crippen LogP contribution is 2.03. The molecule has 0 atom stereocenters. The van der Waals surface area contributed by atoms with Crippen LogP contribution in [0.3, 0.4) is 0 Å². The Morgan fingerprint density at radius 3 is 0.923 bits per heavy atom. The van der Waals surface area contributed by atoms with E-state index in [4.69, 9.17) is 5.11 Å². The minimum atomic E-state index is 0. The highest BCUT2D eigenvalue weighted by atomic mass is 79.9.